The molecule has 0 saturated heterocycles. The third-order valence-electron chi connectivity index (χ3n) is 6.11. The molecule has 114 valence electrons. The van der Waals surface area contributed by atoms with E-state index in [0.717, 1.165) is 12.3 Å². The van der Waals surface area contributed by atoms with Crippen molar-refractivity contribution in [3.05, 3.63) is 46.0 Å². The first-order chi connectivity index (χ1) is 9.78. The highest BCUT2D eigenvalue weighted by atomic mass is 14.5. The predicted molar refractivity (Wildman–Crippen MR) is 91.9 cm³/mol. The number of fused-ring (bicyclic) bond motifs is 3. The molecule has 2 aliphatic rings. The van der Waals surface area contributed by atoms with Crippen LogP contribution >= 0.6 is 0 Å². The van der Waals surface area contributed by atoms with Gasteiger partial charge in [-0.25, -0.2) is 0 Å². The Morgan fingerprint density at radius 2 is 1.86 bits per heavy atom. The molecule has 0 amide bonds. The van der Waals surface area contributed by atoms with Crippen LogP contribution in [0.1, 0.15) is 69.7 Å². The molecular formula is C21H30. The van der Waals surface area contributed by atoms with Crippen molar-refractivity contribution in [3.63, 3.8) is 0 Å². The van der Waals surface area contributed by atoms with E-state index in [-0.39, 0.29) is 5.41 Å². The van der Waals surface area contributed by atoms with E-state index in [0.29, 0.717) is 5.41 Å². The average molecular weight is 282 g/mol. The molecule has 2 aliphatic carbocycles. The predicted octanol–water partition coefficient (Wildman–Crippen LogP) is 5.75. The molecule has 2 atom stereocenters. The average Bonchev–Trinajstić information content (AvgIpc) is 2.35. The Morgan fingerprint density at radius 1 is 1.14 bits per heavy atom. The van der Waals surface area contributed by atoms with Crippen molar-refractivity contribution in [2.24, 2.45) is 11.3 Å². The van der Waals surface area contributed by atoms with E-state index >= 15 is 0 Å². The molecule has 1 aromatic rings. The Hall–Kier alpha value is -1.04. The Labute approximate surface area is 130 Å². The number of allylic oxidation sites excluding steroid dienone is 2. The van der Waals surface area contributed by atoms with Crippen LogP contribution in [0.25, 0.3) is 0 Å². The first kappa shape index (κ1) is 14.9. The minimum Gasteiger partial charge on any atom is -0.0764 e. The maximum absolute atomic E-state index is 2.60. The monoisotopic (exact) mass is 282 g/mol. The molecule has 0 heteroatoms. The zero-order chi connectivity index (χ0) is 15.4. The van der Waals surface area contributed by atoms with Gasteiger partial charge in [-0.3, -0.25) is 0 Å². The molecule has 0 heterocycles. The summed E-state index contributed by atoms with van der Waals surface area (Å²) in [6.45, 7) is 14.4. The van der Waals surface area contributed by atoms with Gasteiger partial charge in [-0.2, -0.15) is 0 Å². The van der Waals surface area contributed by atoms with Gasteiger partial charge in [0.05, 0.1) is 0 Å². The van der Waals surface area contributed by atoms with E-state index in [4.69, 9.17) is 0 Å². The van der Waals surface area contributed by atoms with Gasteiger partial charge < -0.3 is 0 Å². The molecule has 2 unspecified atom stereocenters. The number of hydrogen-bond acceptors (Lipinski definition) is 0. The van der Waals surface area contributed by atoms with Gasteiger partial charge in [0.25, 0.3) is 0 Å². The zero-order valence-electron chi connectivity index (χ0n) is 14.6. The van der Waals surface area contributed by atoms with Crippen molar-refractivity contribution in [2.45, 2.75) is 72.6 Å². The molecule has 0 radical (unpaired) electrons. The van der Waals surface area contributed by atoms with E-state index in [2.05, 4.69) is 59.8 Å². The van der Waals surface area contributed by atoms with Crippen molar-refractivity contribution in [3.8, 4) is 0 Å². The van der Waals surface area contributed by atoms with Crippen LogP contribution in [0.4, 0.5) is 0 Å². The zero-order valence-corrected chi connectivity index (χ0v) is 14.6. The van der Waals surface area contributed by atoms with Crippen LogP contribution in [0, 0.1) is 18.3 Å². The van der Waals surface area contributed by atoms with Crippen molar-refractivity contribution in [1.82, 2.24) is 0 Å². The first-order valence-corrected chi connectivity index (χ1v) is 8.59. The number of rotatable bonds is 1. The number of hydrogen-bond donors (Lipinski definition) is 0. The SMILES string of the molecule is CCc1cc(C)c2c(c1)CC(C)(C)C1CCC(C)=CC21C. The lowest BCUT2D eigenvalue weighted by Gasteiger charge is -2.53. The third kappa shape index (κ3) is 2.18. The van der Waals surface area contributed by atoms with Crippen LogP contribution in [0.2, 0.25) is 0 Å². The quantitative estimate of drug-likeness (QED) is 0.575. The Morgan fingerprint density at radius 3 is 2.52 bits per heavy atom. The van der Waals surface area contributed by atoms with Crippen molar-refractivity contribution >= 4 is 0 Å². The summed E-state index contributed by atoms with van der Waals surface area (Å²) in [5, 5.41) is 0. The Kier molecular flexibility index (Phi) is 3.35. The molecule has 0 aromatic heterocycles. The largest absolute Gasteiger partial charge is 0.0764 e. The Bertz CT molecular complexity index is 603. The van der Waals surface area contributed by atoms with Crippen LogP contribution in [-0.4, -0.2) is 0 Å². The lowest BCUT2D eigenvalue weighted by Crippen LogP contribution is -2.48. The summed E-state index contributed by atoms with van der Waals surface area (Å²) in [4.78, 5) is 0. The fourth-order valence-corrected chi connectivity index (χ4v) is 5.47. The minimum absolute atomic E-state index is 0.232. The van der Waals surface area contributed by atoms with Gasteiger partial charge in [-0.15, -0.1) is 0 Å². The molecule has 0 saturated carbocycles. The van der Waals surface area contributed by atoms with Gasteiger partial charge in [-0.1, -0.05) is 51.5 Å². The van der Waals surface area contributed by atoms with Crippen LogP contribution < -0.4 is 0 Å². The molecule has 0 bridgehead atoms. The second kappa shape index (κ2) is 4.73. The molecule has 21 heavy (non-hydrogen) atoms. The molecular weight excluding hydrogens is 252 g/mol. The molecule has 1 aromatic carbocycles. The third-order valence-corrected chi connectivity index (χ3v) is 6.11. The van der Waals surface area contributed by atoms with Gasteiger partial charge in [0.2, 0.25) is 0 Å². The standard InChI is InChI=1S/C21H30/c1-7-16-10-15(3)19-17(11-16)13-20(4,5)18-9-8-14(2)12-21(18,19)6/h10-12,18H,7-9,13H2,1-6H3. The highest BCUT2D eigenvalue weighted by Crippen LogP contribution is 2.56. The fourth-order valence-electron chi connectivity index (χ4n) is 5.47. The maximum Gasteiger partial charge on any atom is 0.0145 e. The van der Waals surface area contributed by atoms with Crippen molar-refractivity contribution in [2.75, 3.05) is 0 Å². The van der Waals surface area contributed by atoms with Crippen molar-refractivity contribution in [1.29, 1.82) is 0 Å². The maximum atomic E-state index is 2.60. The van der Waals surface area contributed by atoms with E-state index < -0.39 is 0 Å². The molecule has 0 aliphatic heterocycles. The lowest BCUT2D eigenvalue weighted by molar-refractivity contribution is 0.108. The topological polar surface area (TPSA) is 0 Å². The second-order valence-electron chi connectivity index (χ2n) is 8.33. The summed E-state index contributed by atoms with van der Waals surface area (Å²) >= 11 is 0. The van der Waals surface area contributed by atoms with E-state index in [9.17, 15) is 0 Å². The first-order valence-electron chi connectivity index (χ1n) is 8.59. The molecule has 0 nitrogen and oxygen atoms in total. The second-order valence-corrected chi connectivity index (χ2v) is 8.33. The summed E-state index contributed by atoms with van der Waals surface area (Å²) in [5.41, 5.74) is 8.48. The smallest absolute Gasteiger partial charge is 0.0145 e. The van der Waals surface area contributed by atoms with Gasteiger partial charge in [-0.05, 0) is 73.1 Å². The summed E-state index contributed by atoms with van der Waals surface area (Å²) < 4.78 is 0. The van der Waals surface area contributed by atoms with Gasteiger partial charge in [0, 0.05) is 5.41 Å². The molecule has 0 spiro atoms. The van der Waals surface area contributed by atoms with E-state index in [1.165, 1.54) is 30.4 Å². The number of benzene rings is 1. The summed E-state index contributed by atoms with van der Waals surface area (Å²) in [6, 6.07) is 4.92. The molecule has 0 N–H and O–H groups in total. The van der Waals surface area contributed by atoms with Gasteiger partial charge in [0.1, 0.15) is 0 Å². The van der Waals surface area contributed by atoms with Crippen LogP contribution in [0.15, 0.2) is 23.8 Å². The lowest BCUT2D eigenvalue weighted by atomic mass is 9.50. The highest BCUT2D eigenvalue weighted by molar-refractivity contribution is 5.50. The molecule has 3 rings (SSSR count). The fraction of sp³-hybridized carbons (Fsp3) is 0.619. The molecule has 0 fully saturated rings. The summed E-state index contributed by atoms with van der Waals surface area (Å²) in [6.07, 6.45) is 7.61. The summed E-state index contributed by atoms with van der Waals surface area (Å²) in [5.74, 6) is 0.771. The van der Waals surface area contributed by atoms with Crippen LogP contribution in [0.3, 0.4) is 0 Å². The summed E-state index contributed by atoms with van der Waals surface area (Å²) in [7, 11) is 0. The minimum atomic E-state index is 0.232. The van der Waals surface area contributed by atoms with E-state index in [1.54, 1.807) is 16.7 Å². The van der Waals surface area contributed by atoms with Crippen LogP contribution in [0.5, 0.6) is 0 Å². The van der Waals surface area contributed by atoms with Crippen LogP contribution in [-0.2, 0) is 18.3 Å². The van der Waals surface area contributed by atoms with Crippen molar-refractivity contribution < 1.29 is 0 Å². The van der Waals surface area contributed by atoms with E-state index in [1.807, 2.05) is 0 Å². The normalized spacial score (nSPS) is 30.4. The Balaban J connectivity index is 2.28. The number of aryl methyl sites for hydroxylation is 2. The van der Waals surface area contributed by atoms with Gasteiger partial charge in [0.15, 0.2) is 0 Å². The van der Waals surface area contributed by atoms with Gasteiger partial charge >= 0.3 is 0 Å². The highest BCUT2D eigenvalue weighted by Gasteiger charge is 2.49.